The number of urea groups is 1. The molecule has 1 aromatic heterocycles. The monoisotopic (exact) mass is 780 g/mol. The third-order valence-corrected chi connectivity index (χ3v) is 8.91. The molecular formula is C36H44N8O12. The number of H-pyrrole nitrogens is 1. The number of ether oxygens (including phenoxy) is 1. The Labute approximate surface area is 319 Å². The molecule has 0 spiro atoms. The first-order chi connectivity index (χ1) is 26.4. The van der Waals surface area contributed by atoms with E-state index in [-0.39, 0.29) is 36.5 Å². The van der Waals surface area contributed by atoms with Gasteiger partial charge in [-0.1, -0.05) is 24.3 Å². The molecule has 1 aliphatic heterocycles. The number of benzene rings is 2. The lowest BCUT2D eigenvalue weighted by Crippen LogP contribution is -2.61. The molecule has 1 aliphatic rings. The number of aromatic nitrogens is 2. The normalized spacial score (nSPS) is 18.3. The van der Waals surface area contributed by atoms with Crippen molar-refractivity contribution >= 4 is 29.7 Å². The van der Waals surface area contributed by atoms with Crippen LogP contribution in [0.25, 0.3) is 0 Å². The number of aromatic amines is 1. The van der Waals surface area contributed by atoms with Gasteiger partial charge in [0.25, 0.3) is 5.56 Å². The van der Waals surface area contributed by atoms with Crippen molar-refractivity contribution in [2.45, 2.75) is 75.7 Å². The minimum Gasteiger partial charge on any atom is -0.508 e. The van der Waals surface area contributed by atoms with E-state index in [0.29, 0.717) is 11.1 Å². The number of carboxylic acids is 1. The molecule has 20 heteroatoms. The van der Waals surface area contributed by atoms with Gasteiger partial charge in [-0.15, -0.1) is 0 Å². The summed E-state index contributed by atoms with van der Waals surface area (Å²) in [5, 5.41) is 49.3. The predicted octanol–water partition coefficient (Wildman–Crippen LogP) is -1.53. The Morgan fingerprint density at radius 3 is 2.18 bits per heavy atom. The van der Waals surface area contributed by atoms with E-state index >= 15 is 0 Å². The fraction of sp³-hybridized carbons (Fsp3) is 0.361. The molecule has 1 saturated heterocycles. The highest BCUT2D eigenvalue weighted by Gasteiger charge is 2.36. The van der Waals surface area contributed by atoms with Crippen LogP contribution in [0.15, 0.2) is 82.3 Å². The zero-order valence-electron chi connectivity index (χ0n) is 30.5. The van der Waals surface area contributed by atoms with Gasteiger partial charge in [0.1, 0.15) is 41.5 Å². The van der Waals surface area contributed by atoms with Crippen LogP contribution in [0.2, 0.25) is 0 Å². The van der Waals surface area contributed by atoms with Crippen molar-refractivity contribution < 1.29 is 49.1 Å². The number of hydrogen-bond donors (Lipinski definition) is 10. The quantitative estimate of drug-likeness (QED) is 0.0839. The molecule has 1 fully saturated rings. The van der Waals surface area contributed by atoms with Crippen molar-refractivity contribution in [3.05, 3.63) is 105 Å². The van der Waals surface area contributed by atoms with Gasteiger partial charge < -0.3 is 57.1 Å². The number of rotatable bonds is 15. The number of nitrogens with zero attached hydrogens (tertiary/aromatic N) is 2. The molecule has 3 aromatic rings. The maximum atomic E-state index is 13.7. The highest BCUT2D eigenvalue weighted by atomic mass is 16.5. The topological polar surface area (TPSA) is 308 Å². The minimum absolute atomic E-state index is 0.0228. The van der Waals surface area contributed by atoms with Gasteiger partial charge in [0.05, 0.1) is 12.1 Å². The maximum Gasteiger partial charge on any atom is 0.331 e. The van der Waals surface area contributed by atoms with Gasteiger partial charge in [-0.2, -0.15) is 0 Å². The van der Waals surface area contributed by atoms with Gasteiger partial charge in [-0.05, 0) is 55.7 Å². The number of carbonyl (C=O) groups excluding carboxylic acids is 4. The average molecular weight is 781 g/mol. The number of aliphatic hydroxyl groups excluding tert-OH is 1. The first-order valence-corrected chi connectivity index (χ1v) is 17.3. The maximum absolute atomic E-state index is 13.7. The molecule has 0 unspecified atom stereocenters. The number of phenols is 2. The molecule has 2 heterocycles. The lowest BCUT2D eigenvalue weighted by molar-refractivity contribution is -0.139. The number of amides is 5. The third kappa shape index (κ3) is 11.2. The number of aliphatic carboxylic acids is 1. The summed E-state index contributed by atoms with van der Waals surface area (Å²) < 4.78 is 6.60. The van der Waals surface area contributed by atoms with Gasteiger partial charge in [-0.25, -0.2) is 14.4 Å². The minimum atomic E-state index is -1.52. The summed E-state index contributed by atoms with van der Waals surface area (Å²) in [7, 11) is 1.36. The smallest absolute Gasteiger partial charge is 0.331 e. The zero-order chi connectivity index (χ0) is 41.3. The van der Waals surface area contributed by atoms with Gasteiger partial charge in [0, 0.05) is 38.4 Å². The highest BCUT2D eigenvalue weighted by Crippen LogP contribution is 2.29. The number of carboxylic acid groups (broad SMARTS) is 1. The van der Waals surface area contributed by atoms with Gasteiger partial charge >= 0.3 is 17.7 Å². The van der Waals surface area contributed by atoms with Gasteiger partial charge in [0.2, 0.25) is 23.9 Å². The molecule has 0 saturated carbocycles. The lowest BCUT2D eigenvalue weighted by atomic mass is 10.0. The van der Waals surface area contributed by atoms with E-state index in [1.807, 2.05) is 0 Å². The van der Waals surface area contributed by atoms with E-state index in [1.165, 1.54) is 51.2 Å². The second-order valence-electron chi connectivity index (χ2n) is 13.2. The molecule has 4 rings (SSSR count). The van der Waals surface area contributed by atoms with E-state index in [0.717, 1.165) is 27.9 Å². The molecule has 7 atom stereocenters. The van der Waals surface area contributed by atoms with Crippen LogP contribution >= 0.6 is 0 Å². The molecule has 0 radical (unpaired) electrons. The number of likely N-dealkylation sites (N-methyl/N-ethyl adjacent to an activating group) is 1. The van der Waals surface area contributed by atoms with Crippen molar-refractivity contribution in [1.82, 2.24) is 35.7 Å². The number of aliphatic hydroxyl groups is 1. The van der Waals surface area contributed by atoms with E-state index in [2.05, 4.69) is 26.3 Å². The standard InChI is InChI=1S/C36H44N8O12/c1-18(39-35(54)40-26(34(52)53)15-21-7-5-9-23(46)13-21)30(49)42-29(19(2)43(3)32(51)25(37)14-20-6-4-8-22(45)12-20)31(50)38-17-24-16-27(47)33(56-24)44-11-10-28(48)41-36(44)55/h4-13,17-19,25-27,29,33,45-47H,14-16,37H2,1-3H3,(H,38,50)(H,42,49)(H,52,53)(H2,39,40,54)(H,41,48,55)/b24-17-/t18-,19-,25+,26-,27+,29-,33-/m0/s1. The Morgan fingerprint density at radius 2 is 1.59 bits per heavy atom. The number of carbonyl (C=O) groups is 5. The molecule has 56 heavy (non-hydrogen) atoms. The van der Waals surface area contributed by atoms with Crippen LogP contribution in [0.1, 0.15) is 37.6 Å². The largest absolute Gasteiger partial charge is 0.508 e. The van der Waals surface area contributed by atoms with Crippen molar-refractivity contribution in [3.63, 3.8) is 0 Å². The van der Waals surface area contributed by atoms with E-state index < -0.39 is 83.5 Å². The summed E-state index contributed by atoms with van der Waals surface area (Å²) >= 11 is 0. The van der Waals surface area contributed by atoms with Crippen LogP contribution in [0.3, 0.4) is 0 Å². The Balaban J connectivity index is 1.49. The van der Waals surface area contributed by atoms with Crippen LogP contribution < -0.4 is 38.2 Å². The predicted molar refractivity (Wildman–Crippen MR) is 197 cm³/mol. The highest BCUT2D eigenvalue weighted by molar-refractivity contribution is 5.93. The molecule has 300 valence electrons. The first-order valence-electron chi connectivity index (χ1n) is 17.3. The summed E-state index contributed by atoms with van der Waals surface area (Å²) in [6.07, 6.45) is -0.601. The summed E-state index contributed by atoms with van der Waals surface area (Å²) in [4.78, 5) is 92.2. The Morgan fingerprint density at radius 1 is 0.964 bits per heavy atom. The molecule has 20 nitrogen and oxygen atoms in total. The van der Waals surface area contributed by atoms with E-state index in [9.17, 15) is 54.0 Å². The Bertz CT molecular complexity index is 2080. The van der Waals surface area contributed by atoms with E-state index in [1.54, 1.807) is 18.2 Å². The Kier molecular flexibility index (Phi) is 14.0. The van der Waals surface area contributed by atoms with Crippen LogP contribution in [-0.2, 0) is 36.8 Å². The SMILES string of the molecule is C[C@H](NC(=O)N[C@@H](Cc1cccc(O)c1)C(=O)O)C(=O)N[C@H](C(=O)N/C=C1/C[C@@H](O)[C@@H](n2ccc(=O)[nH]c2=O)O1)[C@H](C)N(C)C(=O)[C@H](N)Cc1cccc(O)c1. The fourth-order valence-electron chi connectivity index (χ4n) is 5.77. The number of phenolic OH excluding ortho intramolecular Hbond substituents is 2. The molecule has 0 aliphatic carbocycles. The van der Waals surface area contributed by atoms with Crippen molar-refractivity contribution in [1.29, 1.82) is 0 Å². The van der Waals surface area contributed by atoms with Gasteiger partial charge in [0.15, 0.2) is 0 Å². The van der Waals surface area contributed by atoms with Crippen molar-refractivity contribution in [2.75, 3.05) is 7.05 Å². The molecule has 2 aromatic carbocycles. The number of aromatic hydroxyl groups is 2. The number of nitrogens with one attached hydrogen (secondary N) is 5. The second-order valence-corrected chi connectivity index (χ2v) is 13.2. The van der Waals surface area contributed by atoms with Crippen LogP contribution in [-0.4, -0.2) is 108 Å². The van der Waals surface area contributed by atoms with Crippen molar-refractivity contribution in [2.24, 2.45) is 5.73 Å². The third-order valence-electron chi connectivity index (χ3n) is 8.91. The Hall–Kier alpha value is -6.67. The summed E-state index contributed by atoms with van der Waals surface area (Å²) in [5.74, 6) is -3.90. The summed E-state index contributed by atoms with van der Waals surface area (Å²) in [6, 6.07) is 5.42. The fourth-order valence-corrected chi connectivity index (χ4v) is 5.77. The van der Waals surface area contributed by atoms with Crippen LogP contribution in [0, 0.1) is 0 Å². The van der Waals surface area contributed by atoms with Crippen LogP contribution in [0.4, 0.5) is 4.79 Å². The first kappa shape index (κ1) is 42.1. The van der Waals surface area contributed by atoms with Gasteiger partial charge in [-0.3, -0.25) is 28.7 Å². The van der Waals surface area contributed by atoms with Crippen molar-refractivity contribution in [3.8, 4) is 11.5 Å². The summed E-state index contributed by atoms with van der Waals surface area (Å²) in [6.45, 7) is 2.73. The average Bonchev–Trinajstić information content (AvgIpc) is 3.50. The number of nitrogens with two attached hydrogens (primary N) is 1. The zero-order valence-corrected chi connectivity index (χ0v) is 30.5. The molecule has 11 N–H and O–H groups in total. The molecular weight excluding hydrogens is 736 g/mol. The molecule has 0 bridgehead atoms. The molecule has 5 amide bonds. The number of hydrogen-bond acceptors (Lipinski definition) is 12. The van der Waals surface area contributed by atoms with E-state index in [4.69, 9.17) is 10.5 Å². The summed E-state index contributed by atoms with van der Waals surface area (Å²) in [5.41, 5.74) is 5.68. The van der Waals surface area contributed by atoms with Crippen LogP contribution in [0.5, 0.6) is 11.5 Å². The lowest BCUT2D eigenvalue weighted by Gasteiger charge is -2.33. The second kappa shape index (κ2) is 18.6.